The van der Waals surface area contributed by atoms with E-state index >= 15 is 0 Å². The van der Waals surface area contributed by atoms with Crippen LogP contribution in [0.5, 0.6) is 5.75 Å². The number of ether oxygens (including phenoxy) is 2. The minimum Gasteiger partial charge on any atom is -0.493 e. The summed E-state index contributed by atoms with van der Waals surface area (Å²) in [5, 5.41) is 2.62. The van der Waals surface area contributed by atoms with E-state index in [0.29, 0.717) is 29.6 Å². The van der Waals surface area contributed by atoms with Crippen LogP contribution in [0.4, 0.5) is 0 Å². The molecule has 1 heterocycles. The Morgan fingerprint density at radius 3 is 2.39 bits per heavy atom. The van der Waals surface area contributed by atoms with E-state index in [9.17, 15) is 9.59 Å². The Kier molecular flexibility index (Phi) is 7.65. The zero-order valence-corrected chi connectivity index (χ0v) is 17.5. The molecule has 1 aromatic heterocycles. The molecule has 0 bridgehead atoms. The first-order valence-electron chi connectivity index (χ1n) is 10.0. The lowest BCUT2D eigenvalue weighted by atomic mass is 10.2. The van der Waals surface area contributed by atoms with Crippen molar-refractivity contribution in [1.82, 2.24) is 5.32 Å². The van der Waals surface area contributed by atoms with Crippen molar-refractivity contribution in [1.29, 1.82) is 0 Å². The van der Waals surface area contributed by atoms with E-state index in [1.54, 1.807) is 36.4 Å². The van der Waals surface area contributed by atoms with Crippen molar-refractivity contribution < 1.29 is 23.5 Å². The molecular weight excluding hydrogens is 394 g/mol. The van der Waals surface area contributed by atoms with Crippen molar-refractivity contribution in [2.75, 3.05) is 6.61 Å². The van der Waals surface area contributed by atoms with E-state index in [1.807, 2.05) is 30.3 Å². The lowest BCUT2D eigenvalue weighted by Gasteiger charge is -2.11. The summed E-state index contributed by atoms with van der Waals surface area (Å²) in [6, 6.07) is 19.4. The number of furan rings is 1. The van der Waals surface area contributed by atoms with Gasteiger partial charge in [0.05, 0.1) is 12.9 Å². The van der Waals surface area contributed by atoms with Crippen molar-refractivity contribution in [3.05, 3.63) is 95.6 Å². The fraction of sp³-hybridized carbons (Fsp3) is 0.200. The van der Waals surface area contributed by atoms with Gasteiger partial charge < -0.3 is 19.2 Å². The van der Waals surface area contributed by atoms with E-state index in [2.05, 4.69) is 19.2 Å². The first-order valence-corrected chi connectivity index (χ1v) is 10.0. The Morgan fingerprint density at radius 1 is 1.00 bits per heavy atom. The number of esters is 1. The van der Waals surface area contributed by atoms with Crippen molar-refractivity contribution in [3.8, 4) is 5.75 Å². The molecule has 0 aliphatic rings. The van der Waals surface area contributed by atoms with Crippen LogP contribution in [0.2, 0.25) is 0 Å². The van der Waals surface area contributed by atoms with Gasteiger partial charge in [0.1, 0.15) is 23.8 Å². The molecule has 0 radical (unpaired) electrons. The smallest absolute Gasteiger partial charge is 0.355 e. The maximum Gasteiger partial charge on any atom is 0.355 e. The number of benzene rings is 2. The number of hydrogen-bond donors (Lipinski definition) is 1. The van der Waals surface area contributed by atoms with E-state index in [1.165, 1.54) is 12.3 Å². The minimum atomic E-state index is -0.662. The molecule has 0 atom stereocenters. The van der Waals surface area contributed by atoms with Gasteiger partial charge in [0, 0.05) is 11.6 Å². The van der Waals surface area contributed by atoms with Crippen LogP contribution in [0.1, 0.15) is 35.5 Å². The van der Waals surface area contributed by atoms with Crippen LogP contribution in [-0.2, 0) is 16.1 Å². The zero-order chi connectivity index (χ0) is 22.1. The third-order valence-electron chi connectivity index (χ3n) is 4.21. The maximum absolute atomic E-state index is 12.7. The van der Waals surface area contributed by atoms with Crippen LogP contribution in [0.3, 0.4) is 0 Å². The molecule has 0 fully saturated rings. The molecule has 0 spiro atoms. The van der Waals surface area contributed by atoms with Gasteiger partial charge in [0.15, 0.2) is 0 Å². The van der Waals surface area contributed by atoms with E-state index in [4.69, 9.17) is 13.9 Å². The SMILES string of the molecule is CC(C)COc1ccc(C(=O)N/C(=C/c2ccco2)C(=O)OCc2ccccc2)cc1. The summed E-state index contributed by atoms with van der Waals surface area (Å²) in [6.45, 7) is 4.80. The Bertz CT molecular complexity index is 1010. The predicted octanol–water partition coefficient (Wildman–Crippen LogP) is 4.83. The molecule has 6 heteroatoms. The van der Waals surface area contributed by atoms with Gasteiger partial charge in [-0.1, -0.05) is 44.2 Å². The van der Waals surface area contributed by atoms with Gasteiger partial charge in [0.25, 0.3) is 5.91 Å². The second kappa shape index (κ2) is 10.8. The van der Waals surface area contributed by atoms with Gasteiger partial charge in [-0.25, -0.2) is 4.79 Å². The average Bonchev–Trinajstić information content (AvgIpc) is 3.30. The minimum absolute atomic E-state index is 0.0176. The first-order chi connectivity index (χ1) is 15.0. The van der Waals surface area contributed by atoms with Gasteiger partial charge >= 0.3 is 5.97 Å². The topological polar surface area (TPSA) is 77.8 Å². The molecular formula is C25H25NO5. The van der Waals surface area contributed by atoms with Crippen LogP contribution in [0.25, 0.3) is 6.08 Å². The van der Waals surface area contributed by atoms with Crippen LogP contribution < -0.4 is 10.1 Å². The average molecular weight is 419 g/mol. The molecule has 0 saturated carbocycles. The normalized spacial score (nSPS) is 11.3. The maximum atomic E-state index is 12.7. The van der Waals surface area contributed by atoms with Gasteiger partial charge in [-0.05, 0) is 47.9 Å². The number of nitrogens with one attached hydrogen (secondary N) is 1. The number of hydrogen-bond acceptors (Lipinski definition) is 5. The highest BCUT2D eigenvalue weighted by molar-refractivity contribution is 6.03. The summed E-state index contributed by atoms with van der Waals surface area (Å²) in [4.78, 5) is 25.4. The van der Waals surface area contributed by atoms with Gasteiger partial charge in [-0.3, -0.25) is 4.79 Å². The summed E-state index contributed by atoms with van der Waals surface area (Å²) in [5.41, 5.74) is 1.21. The predicted molar refractivity (Wildman–Crippen MR) is 117 cm³/mol. The molecule has 3 aromatic rings. The molecule has 2 aromatic carbocycles. The molecule has 0 aliphatic heterocycles. The van der Waals surface area contributed by atoms with Gasteiger partial charge in [-0.15, -0.1) is 0 Å². The Labute approximate surface area is 181 Å². The molecule has 6 nitrogen and oxygen atoms in total. The second-order valence-corrected chi connectivity index (χ2v) is 7.32. The first kappa shape index (κ1) is 21.9. The summed E-state index contributed by atoms with van der Waals surface area (Å²) < 4.78 is 16.3. The summed E-state index contributed by atoms with van der Waals surface area (Å²) in [5.74, 6) is 0.401. The Morgan fingerprint density at radius 2 is 1.74 bits per heavy atom. The standard InChI is InChI=1S/C25H25NO5/c1-18(2)16-30-21-12-10-20(11-13-21)24(27)26-23(15-22-9-6-14-29-22)25(28)31-17-19-7-4-3-5-8-19/h3-15,18H,16-17H2,1-2H3,(H,26,27)/b23-15+. The molecule has 160 valence electrons. The molecule has 1 N–H and O–H groups in total. The van der Waals surface area contributed by atoms with Crippen LogP contribution in [0, 0.1) is 5.92 Å². The van der Waals surface area contributed by atoms with E-state index in [-0.39, 0.29) is 12.3 Å². The molecule has 0 saturated heterocycles. The highest BCUT2D eigenvalue weighted by Gasteiger charge is 2.17. The third kappa shape index (κ3) is 6.89. The molecule has 0 unspecified atom stereocenters. The molecule has 31 heavy (non-hydrogen) atoms. The van der Waals surface area contributed by atoms with Crippen LogP contribution in [-0.4, -0.2) is 18.5 Å². The molecule has 3 rings (SSSR count). The van der Waals surface area contributed by atoms with Crippen molar-refractivity contribution >= 4 is 18.0 Å². The summed E-state index contributed by atoms with van der Waals surface area (Å²) >= 11 is 0. The fourth-order valence-corrected chi connectivity index (χ4v) is 2.62. The van der Waals surface area contributed by atoms with Crippen LogP contribution in [0.15, 0.2) is 83.1 Å². The van der Waals surface area contributed by atoms with E-state index < -0.39 is 11.9 Å². The largest absolute Gasteiger partial charge is 0.493 e. The Balaban J connectivity index is 1.69. The van der Waals surface area contributed by atoms with Gasteiger partial charge in [0.2, 0.25) is 0 Å². The lowest BCUT2D eigenvalue weighted by Crippen LogP contribution is -2.28. The van der Waals surface area contributed by atoms with Crippen molar-refractivity contribution in [2.45, 2.75) is 20.5 Å². The summed E-state index contributed by atoms with van der Waals surface area (Å²) in [6.07, 6.45) is 2.92. The number of carbonyl (C=O) groups is 2. The van der Waals surface area contributed by atoms with E-state index in [0.717, 1.165) is 5.56 Å². The number of amides is 1. The third-order valence-corrected chi connectivity index (χ3v) is 4.21. The number of carbonyl (C=O) groups excluding carboxylic acids is 2. The Hall–Kier alpha value is -3.80. The number of rotatable bonds is 9. The monoisotopic (exact) mass is 419 g/mol. The zero-order valence-electron chi connectivity index (χ0n) is 17.5. The second-order valence-electron chi connectivity index (χ2n) is 7.32. The van der Waals surface area contributed by atoms with Gasteiger partial charge in [-0.2, -0.15) is 0 Å². The van der Waals surface area contributed by atoms with Crippen molar-refractivity contribution in [2.24, 2.45) is 5.92 Å². The molecule has 0 aliphatic carbocycles. The fourth-order valence-electron chi connectivity index (χ4n) is 2.62. The highest BCUT2D eigenvalue weighted by atomic mass is 16.5. The summed E-state index contributed by atoms with van der Waals surface area (Å²) in [7, 11) is 0. The van der Waals surface area contributed by atoms with Crippen molar-refractivity contribution in [3.63, 3.8) is 0 Å². The lowest BCUT2D eigenvalue weighted by molar-refractivity contribution is -0.140. The quantitative estimate of drug-likeness (QED) is 0.397. The molecule has 1 amide bonds. The van der Waals surface area contributed by atoms with Crippen LogP contribution >= 0.6 is 0 Å². The highest BCUT2D eigenvalue weighted by Crippen LogP contribution is 2.15.